The molecule has 2 heterocycles. The summed E-state index contributed by atoms with van der Waals surface area (Å²) in [5.74, 6) is -0.884. The number of likely N-dealkylation sites (tertiary alicyclic amines) is 1. The Bertz CT molecular complexity index is 795. The molecule has 7 heteroatoms. The number of rotatable bonds is 3. The number of pyridine rings is 1. The highest BCUT2D eigenvalue weighted by molar-refractivity contribution is 9.10. The van der Waals surface area contributed by atoms with E-state index in [9.17, 15) is 14.7 Å². The molecule has 0 bridgehead atoms. The molecule has 1 aliphatic rings. The number of aliphatic hydroxyl groups excluding tert-OH is 1. The summed E-state index contributed by atoms with van der Waals surface area (Å²) in [6.07, 6.45) is 0.916. The summed E-state index contributed by atoms with van der Waals surface area (Å²) in [6, 6.07) is 7.46. The Morgan fingerprint density at radius 3 is 2.92 bits per heavy atom. The molecule has 1 aromatic heterocycles. The Labute approximate surface area is 147 Å². The first-order chi connectivity index (χ1) is 11.5. The van der Waals surface area contributed by atoms with Gasteiger partial charge in [-0.15, -0.1) is 0 Å². The third-order valence-corrected chi connectivity index (χ3v) is 4.73. The number of aromatic nitrogens is 1. The average molecular weight is 393 g/mol. The lowest BCUT2D eigenvalue weighted by Gasteiger charge is -2.16. The van der Waals surface area contributed by atoms with E-state index in [-0.39, 0.29) is 30.8 Å². The Kier molecular flexibility index (Phi) is 4.82. The number of amides is 1. The molecule has 0 radical (unpaired) electrons. The zero-order valence-electron chi connectivity index (χ0n) is 13.1. The monoisotopic (exact) mass is 392 g/mol. The molecule has 6 nitrogen and oxygen atoms in total. The number of β-amino-alcohol motifs (C(OH)–C–C–N with tert-alkyl or cyclic N) is 1. The van der Waals surface area contributed by atoms with Gasteiger partial charge >= 0.3 is 5.97 Å². The van der Waals surface area contributed by atoms with Crippen LogP contribution < -0.4 is 0 Å². The van der Waals surface area contributed by atoms with Gasteiger partial charge in [0.25, 0.3) is 5.91 Å². The number of carbonyl (C=O) groups excluding carboxylic acids is 2. The lowest BCUT2D eigenvalue weighted by Crippen LogP contribution is -2.29. The molecule has 1 fully saturated rings. The predicted molar refractivity (Wildman–Crippen MR) is 91.5 cm³/mol. The van der Waals surface area contributed by atoms with Gasteiger partial charge in [0.1, 0.15) is 0 Å². The van der Waals surface area contributed by atoms with Crippen LogP contribution in [0.2, 0.25) is 0 Å². The van der Waals surface area contributed by atoms with Crippen LogP contribution in [0.5, 0.6) is 0 Å². The van der Waals surface area contributed by atoms with Crippen molar-refractivity contribution in [2.24, 2.45) is 5.92 Å². The smallest absolute Gasteiger partial charge is 0.305 e. The fourth-order valence-corrected chi connectivity index (χ4v) is 3.30. The fourth-order valence-electron chi connectivity index (χ4n) is 2.92. The van der Waals surface area contributed by atoms with E-state index >= 15 is 0 Å². The molecule has 0 spiro atoms. The Hall–Kier alpha value is -1.99. The molecule has 1 aromatic carbocycles. The summed E-state index contributed by atoms with van der Waals surface area (Å²) in [4.78, 5) is 29.9. The molecule has 1 aliphatic heterocycles. The highest BCUT2D eigenvalue weighted by atomic mass is 79.9. The van der Waals surface area contributed by atoms with E-state index in [1.165, 1.54) is 7.11 Å². The first-order valence-electron chi connectivity index (χ1n) is 7.57. The van der Waals surface area contributed by atoms with E-state index in [1.54, 1.807) is 17.2 Å². The summed E-state index contributed by atoms with van der Waals surface area (Å²) in [7, 11) is 1.31. The van der Waals surface area contributed by atoms with Gasteiger partial charge in [0.2, 0.25) is 0 Å². The number of carbonyl (C=O) groups is 2. The van der Waals surface area contributed by atoms with Crippen LogP contribution in [-0.2, 0) is 9.53 Å². The Balaban J connectivity index is 1.78. The van der Waals surface area contributed by atoms with Gasteiger partial charge in [-0.3, -0.25) is 14.6 Å². The largest absolute Gasteiger partial charge is 0.469 e. The van der Waals surface area contributed by atoms with Crippen molar-refractivity contribution in [3.05, 3.63) is 40.5 Å². The number of benzene rings is 1. The summed E-state index contributed by atoms with van der Waals surface area (Å²) in [5.41, 5.74) is 1.27. The van der Waals surface area contributed by atoms with Gasteiger partial charge in [-0.05, 0) is 24.3 Å². The van der Waals surface area contributed by atoms with Gasteiger partial charge in [0.15, 0.2) is 0 Å². The molecule has 2 aromatic rings. The highest BCUT2D eigenvalue weighted by Gasteiger charge is 2.35. The van der Waals surface area contributed by atoms with Crippen molar-refractivity contribution >= 4 is 38.7 Å². The molecule has 1 N–H and O–H groups in total. The summed E-state index contributed by atoms with van der Waals surface area (Å²) in [5, 5.41) is 10.9. The molecule has 1 saturated heterocycles. The van der Waals surface area contributed by atoms with Crippen molar-refractivity contribution in [1.29, 1.82) is 0 Å². The average Bonchev–Trinajstić information content (AvgIpc) is 2.94. The van der Waals surface area contributed by atoms with Crippen molar-refractivity contribution in [1.82, 2.24) is 9.88 Å². The molecule has 3 rings (SSSR count). The summed E-state index contributed by atoms with van der Waals surface area (Å²) < 4.78 is 5.55. The van der Waals surface area contributed by atoms with Crippen LogP contribution in [0.25, 0.3) is 10.9 Å². The number of hydrogen-bond donors (Lipinski definition) is 1. The molecule has 2 atom stereocenters. The van der Waals surface area contributed by atoms with Gasteiger partial charge in [0.05, 0.1) is 30.7 Å². The number of halogens is 1. The lowest BCUT2D eigenvalue weighted by atomic mass is 10.0. The number of esters is 1. The van der Waals surface area contributed by atoms with Crippen LogP contribution in [-0.4, -0.2) is 53.2 Å². The van der Waals surface area contributed by atoms with E-state index in [4.69, 9.17) is 0 Å². The Morgan fingerprint density at radius 2 is 2.17 bits per heavy atom. The number of aliphatic hydroxyl groups is 1. The van der Waals surface area contributed by atoms with E-state index in [1.807, 2.05) is 18.2 Å². The van der Waals surface area contributed by atoms with Crippen LogP contribution in [0.3, 0.4) is 0 Å². The quantitative estimate of drug-likeness (QED) is 0.807. The minimum atomic E-state index is -0.726. The zero-order valence-corrected chi connectivity index (χ0v) is 14.7. The number of ether oxygens (including phenoxy) is 1. The first kappa shape index (κ1) is 16.9. The van der Waals surface area contributed by atoms with E-state index in [0.717, 1.165) is 15.4 Å². The van der Waals surface area contributed by atoms with Crippen molar-refractivity contribution in [2.75, 3.05) is 20.2 Å². The van der Waals surface area contributed by atoms with Crippen molar-refractivity contribution < 1.29 is 19.4 Å². The molecule has 126 valence electrons. The van der Waals surface area contributed by atoms with Crippen LogP contribution in [0.1, 0.15) is 16.8 Å². The van der Waals surface area contributed by atoms with Crippen LogP contribution in [0.4, 0.5) is 0 Å². The van der Waals surface area contributed by atoms with E-state index in [2.05, 4.69) is 25.7 Å². The van der Waals surface area contributed by atoms with Crippen LogP contribution in [0.15, 0.2) is 34.9 Å². The third-order valence-electron chi connectivity index (χ3n) is 4.24. The standard InChI is InChI=1S/C17H17BrN2O4/c1-24-16(22)6-12-8-20(9-15(12)21)17(23)11-4-10-5-13(18)2-3-14(10)19-7-11/h2-5,7,12,15,21H,6,8-9H2,1H3/t12-,15-/m1/s1. The number of hydrogen-bond acceptors (Lipinski definition) is 5. The van der Waals surface area contributed by atoms with Gasteiger partial charge in [-0.2, -0.15) is 0 Å². The van der Waals surface area contributed by atoms with Crippen molar-refractivity contribution in [3.8, 4) is 0 Å². The van der Waals surface area contributed by atoms with E-state index < -0.39 is 6.10 Å². The van der Waals surface area contributed by atoms with Crippen molar-refractivity contribution in [2.45, 2.75) is 12.5 Å². The molecular formula is C17H17BrN2O4. The van der Waals surface area contributed by atoms with E-state index in [0.29, 0.717) is 12.1 Å². The molecule has 0 unspecified atom stereocenters. The maximum Gasteiger partial charge on any atom is 0.305 e. The fraction of sp³-hybridized carbons (Fsp3) is 0.353. The van der Waals surface area contributed by atoms with Gasteiger partial charge in [-0.25, -0.2) is 0 Å². The summed E-state index contributed by atoms with van der Waals surface area (Å²) >= 11 is 3.41. The number of fused-ring (bicyclic) bond motifs is 1. The number of nitrogens with zero attached hydrogens (tertiary/aromatic N) is 2. The molecule has 1 amide bonds. The number of methoxy groups -OCH3 is 1. The van der Waals surface area contributed by atoms with Crippen LogP contribution >= 0.6 is 15.9 Å². The lowest BCUT2D eigenvalue weighted by molar-refractivity contribution is -0.142. The maximum atomic E-state index is 12.7. The van der Waals surface area contributed by atoms with Gasteiger partial charge < -0.3 is 14.7 Å². The molecule has 0 aliphatic carbocycles. The van der Waals surface area contributed by atoms with Crippen molar-refractivity contribution in [3.63, 3.8) is 0 Å². The highest BCUT2D eigenvalue weighted by Crippen LogP contribution is 2.24. The SMILES string of the molecule is COC(=O)C[C@@H]1CN(C(=O)c2cnc3ccc(Br)cc3c2)C[C@H]1O. The topological polar surface area (TPSA) is 79.7 Å². The predicted octanol–water partition coefficient (Wildman–Crippen LogP) is 1.99. The maximum absolute atomic E-state index is 12.7. The second-order valence-electron chi connectivity index (χ2n) is 5.88. The first-order valence-corrected chi connectivity index (χ1v) is 8.36. The second-order valence-corrected chi connectivity index (χ2v) is 6.79. The summed E-state index contributed by atoms with van der Waals surface area (Å²) in [6.45, 7) is 0.530. The third kappa shape index (κ3) is 3.42. The normalized spacial score (nSPS) is 20.4. The van der Waals surface area contributed by atoms with Gasteiger partial charge in [0, 0.05) is 35.1 Å². The zero-order chi connectivity index (χ0) is 17.3. The van der Waals surface area contributed by atoms with Crippen LogP contribution in [0, 0.1) is 5.92 Å². The Morgan fingerprint density at radius 1 is 1.38 bits per heavy atom. The minimum Gasteiger partial charge on any atom is -0.469 e. The molecule has 0 saturated carbocycles. The van der Waals surface area contributed by atoms with Gasteiger partial charge in [-0.1, -0.05) is 15.9 Å². The molecule has 24 heavy (non-hydrogen) atoms. The second kappa shape index (κ2) is 6.86. The minimum absolute atomic E-state index is 0.102. The molecular weight excluding hydrogens is 376 g/mol.